The van der Waals surface area contributed by atoms with Gasteiger partial charge in [-0.15, -0.1) is 11.3 Å². The minimum Gasteiger partial charge on any atom is -0.337 e. The number of carbonyl (C=O) groups is 1. The molecule has 1 atom stereocenters. The van der Waals surface area contributed by atoms with Crippen LogP contribution in [0.25, 0.3) is 21.7 Å². The Morgan fingerprint density at radius 2 is 2.09 bits per heavy atom. The Hall–Kier alpha value is -2.21. The van der Waals surface area contributed by atoms with Crippen molar-refractivity contribution in [3.63, 3.8) is 0 Å². The van der Waals surface area contributed by atoms with Crippen LogP contribution in [0.2, 0.25) is 0 Å². The van der Waals surface area contributed by atoms with Crippen LogP contribution in [-0.4, -0.2) is 20.9 Å². The highest BCUT2D eigenvalue weighted by atomic mass is 32.1. The Morgan fingerprint density at radius 1 is 1.22 bits per heavy atom. The molecule has 2 aromatic heterocycles. The summed E-state index contributed by atoms with van der Waals surface area (Å²) in [4.78, 5) is 25.6. The molecule has 6 heteroatoms. The minimum atomic E-state index is 0.00653. The van der Waals surface area contributed by atoms with Gasteiger partial charge in [-0.3, -0.25) is 9.78 Å². The number of carbonyl (C=O) groups excluding carboxylic acids is 1. The predicted octanol–water partition coefficient (Wildman–Crippen LogP) is 3.91. The third-order valence-corrected chi connectivity index (χ3v) is 5.85. The van der Waals surface area contributed by atoms with E-state index in [9.17, 15) is 4.79 Å². The van der Waals surface area contributed by atoms with E-state index in [1.165, 1.54) is 12.8 Å². The number of hydrogen-bond donors (Lipinski definition) is 2. The number of aromatic nitrogens is 3. The van der Waals surface area contributed by atoms with Crippen molar-refractivity contribution in [2.24, 2.45) is 5.92 Å². The summed E-state index contributed by atoms with van der Waals surface area (Å²) < 4.78 is 0. The molecule has 5 nitrogen and oxygen atoms in total. The highest BCUT2D eigenvalue weighted by Gasteiger charge is 2.38. The van der Waals surface area contributed by atoms with Crippen molar-refractivity contribution in [3.05, 3.63) is 29.4 Å². The van der Waals surface area contributed by atoms with Crippen molar-refractivity contribution in [2.75, 3.05) is 5.32 Å². The van der Waals surface area contributed by atoms with Gasteiger partial charge in [0, 0.05) is 11.9 Å². The van der Waals surface area contributed by atoms with Gasteiger partial charge in [0.1, 0.15) is 5.82 Å². The summed E-state index contributed by atoms with van der Waals surface area (Å²) in [5.74, 6) is 1.49. The van der Waals surface area contributed by atoms with Crippen molar-refractivity contribution < 1.29 is 4.79 Å². The fourth-order valence-electron chi connectivity index (χ4n) is 4.00. The highest BCUT2D eigenvalue weighted by Crippen LogP contribution is 2.45. The summed E-state index contributed by atoms with van der Waals surface area (Å²) in [6.07, 6.45) is 6.62. The number of anilines is 1. The maximum absolute atomic E-state index is 12.4. The van der Waals surface area contributed by atoms with Crippen molar-refractivity contribution in [1.82, 2.24) is 15.0 Å². The number of H-pyrrole nitrogens is 1. The molecule has 1 aliphatic carbocycles. The van der Waals surface area contributed by atoms with Crippen molar-refractivity contribution in [2.45, 2.75) is 31.6 Å². The minimum absolute atomic E-state index is 0.00653. The van der Waals surface area contributed by atoms with E-state index in [4.69, 9.17) is 0 Å². The number of fused-ring (bicyclic) bond motifs is 2. The molecule has 1 fully saturated rings. The van der Waals surface area contributed by atoms with E-state index in [0.717, 1.165) is 45.8 Å². The fraction of sp³-hybridized carbons (Fsp3) is 0.353. The molecule has 1 aromatic carbocycles. The topological polar surface area (TPSA) is 70.7 Å². The van der Waals surface area contributed by atoms with Gasteiger partial charge < -0.3 is 10.3 Å². The molecule has 2 N–H and O–H groups in total. The molecule has 2 aliphatic rings. The third-order valence-electron chi connectivity index (χ3n) is 5.07. The molecule has 1 saturated carbocycles. The number of aromatic amines is 1. The first-order valence-corrected chi connectivity index (χ1v) is 8.91. The molecule has 0 saturated heterocycles. The van der Waals surface area contributed by atoms with Crippen molar-refractivity contribution in [3.8, 4) is 10.7 Å². The van der Waals surface area contributed by atoms with Crippen LogP contribution in [0, 0.1) is 5.92 Å². The highest BCUT2D eigenvalue weighted by molar-refractivity contribution is 7.13. The number of imidazole rings is 1. The molecular weight excluding hydrogens is 308 g/mol. The van der Waals surface area contributed by atoms with Gasteiger partial charge in [0.15, 0.2) is 0 Å². The number of nitrogens with one attached hydrogen (secondary N) is 2. The zero-order chi connectivity index (χ0) is 15.4. The van der Waals surface area contributed by atoms with E-state index in [-0.39, 0.29) is 11.8 Å². The van der Waals surface area contributed by atoms with Crippen LogP contribution in [0.5, 0.6) is 0 Å². The lowest BCUT2D eigenvalue weighted by Gasteiger charge is -2.16. The Labute approximate surface area is 137 Å². The molecule has 3 heterocycles. The summed E-state index contributed by atoms with van der Waals surface area (Å²) in [6.45, 7) is 0. The van der Waals surface area contributed by atoms with Crippen LogP contribution in [0.15, 0.2) is 23.8 Å². The number of benzene rings is 1. The average Bonchev–Trinajstić information content (AvgIpc) is 3.30. The Kier molecular flexibility index (Phi) is 2.82. The van der Waals surface area contributed by atoms with Gasteiger partial charge in [-0.25, -0.2) is 4.98 Å². The molecule has 1 amide bonds. The summed E-state index contributed by atoms with van der Waals surface area (Å²) in [6, 6.07) is 4.11. The quantitative estimate of drug-likeness (QED) is 0.751. The lowest BCUT2D eigenvalue weighted by Crippen LogP contribution is -2.18. The smallest absolute Gasteiger partial charge is 0.232 e. The number of nitrogens with zero attached hydrogens (tertiary/aromatic N) is 2. The SMILES string of the molecule is O=C1Nc2cc3nc(-c4cncs4)[nH]c3cc2C1C1CCCC1. The molecule has 1 aliphatic heterocycles. The maximum Gasteiger partial charge on any atom is 0.232 e. The summed E-state index contributed by atoms with van der Waals surface area (Å²) >= 11 is 1.57. The molecule has 116 valence electrons. The van der Waals surface area contributed by atoms with E-state index in [1.54, 1.807) is 16.8 Å². The van der Waals surface area contributed by atoms with Crippen molar-refractivity contribution >= 4 is 34.0 Å². The van der Waals surface area contributed by atoms with Gasteiger partial charge in [0.25, 0.3) is 0 Å². The van der Waals surface area contributed by atoms with E-state index >= 15 is 0 Å². The molecule has 0 bridgehead atoms. The molecule has 0 radical (unpaired) electrons. The van der Waals surface area contributed by atoms with Crippen LogP contribution < -0.4 is 5.32 Å². The number of amides is 1. The lowest BCUT2D eigenvalue weighted by molar-refractivity contribution is -0.118. The Balaban J connectivity index is 1.61. The van der Waals surface area contributed by atoms with Gasteiger partial charge in [0.2, 0.25) is 5.91 Å². The summed E-state index contributed by atoms with van der Waals surface area (Å²) in [5.41, 5.74) is 5.75. The van der Waals surface area contributed by atoms with Crippen LogP contribution in [-0.2, 0) is 4.79 Å². The lowest BCUT2D eigenvalue weighted by atomic mass is 9.86. The average molecular weight is 324 g/mol. The monoisotopic (exact) mass is 324 g/mol. The fourth-order valence-corrected chi connectivity index (χ4v) is 4.56. The van der Waals surface area contributed by atoms with Crippen LogP contribution in [0.1, 0.15) is 37.2 Å². The van der Waals surface area contributed by atoms with E-state index in [1.807, 2.05) is 12.3 Å². The largest absolute Gasteiger partial charge is 0.337 e. The second-order valence-corrected chi connectivity index (χ2v) is 7.31. The first kappa shape index (κ1) is 13.2. The van der Waals surface area contributed by atoms with Crippen molar-refractivity contribution in [1.29, 1.82) is 0 Å². The third kappa shape index (κ3) is 2.01. The van der Waals surface area contributed by atoms with Gasteiger partial charge in [-0.05, 0) is 36.5 Å². The molecular formula is C17H16N4OS. The molecule has 5 rings (SSSR count). The molecule has 0 spiro atoms. The molecule has 23 heavy (non-hydrogen) atoms. The number of thiazole rings is 1. The maximum atomic E-state index is 12.4. The van der Waals surface area contributed by atoms with E-state index in [2.05, 4.69) is 26.3 Å². The van der Waals surface area contributed by atoms with Crippen LogP contribution in [0.4, 0.5) is 5.69 Å². The second-order valence-electron chi connectivity index (χ2n) is 6.42. The number of rotatable bonds is 2. The second kappa shape index (κ2) is 4.89. The summed E-state index contributed by atoms with van der Waals surface area (Å²) in [7, 11) is 0. The molecule has 1 unspecified atom stereocenters. The first-order chi connectivity index (χ1) is 11.3. The van der Waals surface area contributed by atoms with Gasteiger partial charge in [0.05, 0.1) is 27.3 Å². The van der Waals surface area contributed by atoms with E-state index < -0.39 is 0 Å². The number of hydrogen-bond acceptors (Lipinski definition) is 4. The van der Waals surface area contributed by atoms with Crippen LogP contribution >= 0.6 is 11.3 Å². The van der Waals surface area contributed by atoms with Crippen LogP contribution in [0.3, 0.4) is 0 Å². The van der Waals surface area contributed by atoms with E-state index in [0.29, 0.717) is 5.92 Å². The molecule has 3 aromatic rings. The van der Waals surface area contributed by atoms with Gasteiger partial charge in [-0.2, -0.15) is 0 Å². The van der Waals surface area contributed by atoms with Gasteiger partial charge >= 0.3 is 0 Å². The predicted molar refractivity (Wildman–Crippen MR) is 90.5 cm³/mol. The Bertz CT molecular complexity index is 893. The van der Waals surface area contributed by atoms with Gasteiger partial charge in [-0.1, -0.05) is 12.8 Å². The Morgan fingerprint density at radius 3 is 2.87 bits per heavy atom. The summed E-state index contributed by atoms with van der Waals surface area (Å²) in [5, 5.41) is 3.06. The zero-order valence-electron chi connectivity index (χ0n) is 12.5. The zero-order valence-corrected chi connectivity index (χ0v) is 13.3. The first-order valence-electron chi connectivity index (χ1n) is 8.03. The standard InChI is InChI=1S/C17H16N4OS/c22-17-15(9-3-1-2-4-9)10-5-12-13(6-11(10)21-17)20-16(19-12)14-7-18-8-23-14/h5-9,15H,1-4H2,(H,19,20)(H,21,22). The normalized spacial score (nSPS) is 21.0.